The number of aromatic nitrogens is 1. The molecule has 0 amide bonds. The lowest BCUT2D eigenvalue weighted by Crippen LogP contribution is -2.31. The molecule has 0 radical (unpaired) electrons. The number of ether oxygens (including phenoxy) is 1. The molecule has 1 aromatic carbocycles. The van der Waals surface area contributed by atoms with E-state index >= 15 is 0 Å². The molecule has 3 atom stereocenters. The van der Waals surface area contributed by atoms with Crippen molar-refractivity contribution in [2.75, 3.05) is 13.8 Å². The van der Waals surface area contributed by atoms with Crippen molar-refractivity contribution in [1.82, 2.24) is 4.57 Å². The van der Waals surface area contributed by atoms with Crippen LogP contribution in [0.2, 0.25) is 0 Å². The summed E-state index contributed by atoms with van der Waals surface area (Å²) >= 11 is 0. The lowest BCUT2D eigenvalue weighted by Gasteiger charge is -2.20. The Hall–Kier alpha value is -1.69. The molecule has 0 fully saturated rings. The van der Waals surface area contributed by atoms with Crippen LogP contribution in [0.5, 0.6) is 0 Å². The summed E-state index contributed by atoms with van der Waals surface area (Å²) in [4.78, 5) is 0. The predicted octanol–water partition coefficient (Wildman–Crippen LogP) is 2.51. The maximum absolute atomic E-state index is 12.7. The molecule has 5 heteroatoms. The molecule has 2 rings (SSSR count). The van der Waals surface area contributed by atoms with Crippen molar-refractivity contribution in [1.29, 1.82) is 0 Å². The largest absolute Gasteiger partial charge is 0.389 e. The van der Waals surface area contributed by atoms with E-state index in [1.165, 1.54) is 7.11 Å². The Morgan fingerprint density at radius 2 is 1.90 bits per heavy atom. The van der Waals surface area contributed by atoms with Crippen molar-refractivity contribution >= 4 is 0 Å². The molecule has 2 aromatic rings. The van der Waals surface area contributed by atoms with Gasteiger partial charge in [0, 0.05) is 25.2 Å². The Kier molecular flexibility index (Phi) is 5.12. The van der Waals surface area contributed by atoms with E-state index in [4.69, 9.17) is 10.5 Å². The van der Waals surface area contributed by atoms with Crippen LogP contribution in [-0.2, 0) is 4.74 Å². The minimum atomic E-state index is -0.672. The van der Waals surface area contributed by atoms with Crippen LogP contribution in [0.4, 0.5) is 4.39 Å². The summed E-state index contributed by atoms with van der Waals surface area (Å²) in [5.74, 6) is 0. The summed E-state index contributed by atoms with van der Waals surface area (Å²) in [6.07, 6.45) is 2.81. The number of hydrogen-bond acceptors (Lipinski definition) is 3. The number of nitrogens with two attached hydrogens (primary N) is 1. The number of rotatable bonds is 6. The fourth-order valence-corrected chi connectivity index (χ4v) is 2.30. The predicted molar refractivity (Wildman–Crippen MR) is 80.1 cm³/mol. The first-order chi connectivity index (χ1) is 10.1. The fourth-order valence-electron chi connectivity index (χ4n) is 2.30. The number of halogens is 1. The van der Waals surface area contributed by atoms with E-state index in [-0.39, 0.29) is 0 Å². The summed E-state index contributed by atoms with van der Waals surface area (Å²) in [6, 6.07) is 8.78. The molecule has 3 unspecified atom stereocenters. The van der Waals surface area contributed by atoms with Gasteiger partial charge in [0.2, 0.25) is 0 Å². The highest BCUT2D eigenvalue weighted by molar-refractivity contribution is 5.37. The summed E-state index contributed by atoms with van der Waals surface area (Å²) in [5.41, 5.74) is 8.36. The molecule has 0 saturated carbocycles. The Morgan fingerprint density at radius 3 is 2.38 bits per heavy atom. The third-order valence-corrected chi connectivity index (χ3v) is 3.54. The molecule has 1 heterocycles. The van der Waals surface area contributed by atoms with Gasteiger partial charge in [-0.3, -0.25) is 0 Å². The first-order valence-corrected chi connectivity index (χ1v) is 6.87. The van der Waals surface area contributed by atoms with Crippen molar-refractivity contribution in [2.45, 2.75) is 25.2 Å². The van der Waals surface area contributed by atoms with E-state index in [1.807, 2.05) is 47.3 Å². The summed E-state index contributed by atoms with van der Waals surface area (Å²) in [7, 11) is 1.52. The number of aliphatic hydroxyl groups is 1. The zero-order chi connectivity index (χ0) is 15.4. The van der Waals surface area contributed by atoms with Crippen LogP contribution in [0.3, 0.4) is 0 Å². The van der Waals surface area contributed by atoms with E-state index in [1.54, 1.807) is 6.92 Å². The molecule has 0 bridgehead atoms. The Bertz CT molecular complexity index is 566. The highest BCUT2D eigenvalue weighted by atomic mass is 19.1. The van der Waals surface area contributed by atoms with Gasteiger partial charge in [0.05, 0.1) is 18.2 Å². The normalized spacial score (nSPS) is 15.7. The Morgan fingerprint density at radius 1 is 1.24 bits per heavy atom. The van der Waals surface area contributed by atoms with Gasteiger partial charge in [0.15, 0.2) is 0 Å². The molecule has 114 valence electrons. The Balaban J connectivity index is 2.21. The smallest absolute Gasteiger partial charge is 0.107 e. The van der Waals surface area contributed by atoms with Crippen LogP contribution in [0.15, 0.2) is 42.7 Å². The molecule has 3 N–H and O–H groups in total. The van der Waals surface area contributed by atoms with Crippen molar-refractivity contribution in [2.24, 2.45) is 5.73 Å². The van der Waals surface area contributed by atoms with E-state index in [2.05, 4.69) is 0 Å². The number of benzene rings is 1. The number of methoxy groups -OCH3 is 1. The standard InChI is InChI=1S/C16H21FN2O2/c1-11(20)13-7-8-19(10-13)14-5-3-12(4-6-14)16(21-2)15(18)9-17/h3-8,10-11,15-16,20H,9,18H2,1-2H3. The Labute approximate surface area is 124 Å². The van der Waals surface area contributed by atoms with Crippen molar-refractivity contribution in [3.8, 4) is 5.69 Å². The van der Waals surface area contributed by atoms with Crippen LogP contribution in [0.1, 0.15) is 30.3 Å². The number of nitrogens with zero attached hydrogens (tertiary/aromatic N) is 1. The molecule has 4 nitrogen and oxygen atoms in total. The first kappa shape index (κ1) is 15.7. The zero-order valence-corrected chi connectivity index (χ0v) is 12.2. The van der Waals surface area contributed by atoms with Crippen LogP contribution in [0.25, 0.3) is 5.69 Å². The van der Waals surface area contributed by atoms with Gasteiger partial charge >= 0.3 is 0 Å². The molecule has 0 aliphatic heterocycles. The molecule has 0 saturated heterocycles. The monoisotopic (exact) mass is 292 g/mol. The average molecular weight is 292 g/mol. The summed E-state index contributed by atoms with van der Waals surface area (Å²) < 4.78 is 19.9. The molecular weight excluding hydrogens is 271 g/mol. The van der Waals surface area contributed by atoms with E-state index < -0.39 is 24.9 Å². The van der Waals surface area contributed by atoms with Crippen molar-refractivity contribution < 1.29 is 14.2 Å². The van der Waals surface area contributed by atoms with E-state index in [0.717, 1.165) is 16.8 Å². The SMILES string of the molecule is COC(c1ccc(-n2ccc(C(C)O)c2)cc1)C(N)CF. The molecule has 21 heavy (non-hydrogen) atoms. The molecule has 0 spiro atoms. The zero-order valence-electron chi connectivity index (χ0n) is 12.2. The lowest BCUT2D eigenvalue weighted by atomic mass is 10.0. The average Bonchev–Trinajstić information content (AvgIpc) is 2.98. The van der Waals surface area contributed by atoms with Gasteiger partial charge in [-0.2, -0.15) is 0 Å². The molecule has 0 aliphatic rings. The second-order valence-electron chi connectivity index (χ2n) is 5.09. The van der Waals surface area contributed by atoms with Crippen LogP contribution < -0.4 is 5.73 Å². The topological polar surface area (TPSA) is 60.4 Å². The van der Waals surface area contributed by atoms with Gasteiger partial charge in [-0.05, 0) is 36.2 Å². The van der Waals surface area contributed by atoms with Gasteiger partial charge in [-0.1, -0.05) is 12.1 Å². The minimum Gasteiger partial charge on any atom is -0.389 e. The van der Waals surface area contributed by atoms with E-state index in [9.17, 15) is 9.50 Å². The molecular formula is C16H21FN2O2. The fraction of sp³-hybridized carbons (Fsp3) is 0.375. The quantitative estimate of drug-likeness (QED) is 0.860. The maximum atomic E-state index is 12.7. The first-order valence-electron chi connectivity index (χ1n) is 6.87. The van der Waals surface area contributed by atoms with Gasteiger partial charge in [-0.15, -0.1) is 0 Å². The van der Waals surface area contributed by atoms with Crippen LogP contribution in [-0.4, -0.2) is 29.5 Å². The summed E-state index contributed by atoms with van der Waals surface area (Å²) in [5, 5.41) is 9.54. The van der Waals surface area contributed by atoms with Crippen LogP contribution in [0, 0.1) is 0 Å². The highest BCUT2D eigenvalue weighted by Crippen LogP contribution is 2.22. The third-order valence-electron chi connectivity index (χ3n) is 3.54. The number of hydrogen-bond donors (Lipinski definition) is 2. The maximum Gasteiger partial charge on any atom is 0.107 e. The van der Waals surface area contributed by atoms with Gasteiger partial charge < -0.3 is 20.1 Å². The van der Waals surface area contributed by atoms with Crippen molar-refractivity contribution in [3.05, 3.63) is 53.9 Å². The summed E-state index contributed by atoms with van der Waals surface area (Å²) in [6.45, 7) is 1.10. The third kappa shape index (κ3) is 3.50. The van der Waals surface area contributed by atoms with Gasteiger partial charge in [0.25, 0.3) is 0 Å². The minimum absolute atomic E-state index is 0.457. The second-order valence-corrected chi connectivity index (χ2v) is 5.09. The van der Waals surface area contributed by atoms with Gasteiger partial charge in [-0.25, -0.2) is 4.39 Å². The number of alkyl halides is 1. The molecule has 0 aliphatic carbocycles. The lowest BCUT2D eigenvalue weighted by molar-refractivity contribution is 0.0721. The van der Waals surface area contributed by atoms with Crippen LogP contribution >= 0.6 is 0 Å². The number of aliphatic hydroxyl groups excluding tert-OH is 1. The van der Waals surface area contributed by atoms with Crippen molar-refractivity contribution in [3.63, 3.8) is 0 Å². The molecule has 1 aromatic heterocycles. The van der Waals surface area contributed by atoms with E-state index in [0.29, 0.717) is 0 Å². The second kappa shape index (κ2) is 6.85. The highest BCUT2D eigenvalue weighted by Gasteiger charge is 2.19. The van der Waals surface area contributed by atoms with Gasteiger partial charge in [0.1, 0.15) is 6.67 Å².